The Labute approximate surface area is 178 Å². The summed E-state index contributed by atoms with van der Waals surface area (Å²) in [6.07, 6.45) is 4.70. The summed E-state index contributed by atoms with van der Waals surface area (Å²) in [6.45, 7) is 7.16. The Morgan fingerprint density at radius 1 is 1.27 bits per heavy atom. The van der Waals surface area contributed by atoms with Crippen molar-refractivity contribution in [1.82, 2.24) is 15.4 Å². The Kier molecular flexibility index (Phi) is 5.98. The summed E-state index contributed by atoms with van der Waals surface area (Å²) >= 11 is 0. The monoisotopic (exact) mass is 411 g/mol. The topological polar surface area (TPSA) is 78.6 Å². The van der Waals surface area contributed by atoms with Gasteiger partial charge in [0.25, 0.3) is 0 Å². The molecule has 2 aliphatic rings. The molecule has 6 heteroatoms. The van der Waals surface area contributed by atoms with Crippen LogP contribution in [0.5, 0.6) is 0 Å². The van der Waals surface area contributed by atoms with Gasteiger partial charge in [-0.2, -0.15) is 0 Å². The highest BCUT2D eigenvalue weighted by atomic mass is 16.5. The van der Waals surface area contributed by atoms with Crippen LogP contribution >= 0.6 is 0 Å². The number of benzene rings is 1. The fourth-order valence-corrected chi connectivity index (χ4v) is 5.07. The maximum atomic E-state index is 13.0. The van der Waals surface area contributed by atoms with Crippen molar-refractivity contribution in [3.05, 3.63) is 52.9 Å². The second-order valence-electron chi connectivity index (χ2n) is 9.20. The molecule has 1 saturated heterocycles. The Hall–Kier alpha value is -2.18. The minimum atomic E-state index is -0.982. The zero-order chi connectivity index (χ0) is 21.3. The van der Waals surface area contributed by atoms with Gasteiger partial charge in [0, 0.05) is 24.6 Å². The largest absolute Gasteiger partial charge is 0.388 e. The second-order valence-corrected chi connectivity index (χ2v) is 9.20. The fourth-order valence-electron chi connectivity index (χ4n) is 5.07. The number of piperidine rings is 1. The number of likely N-dealkylation sites (tertiary alicyclic amines) is 1. The van der Waals surface area contributed by atoms with Crippen LogP contribution in [0, 0.1) is 19.8 Å². The van der Waals surface area contributed by atoms with E-state index in [4.69, 9.17) is 4.52 Å². The summed E-state index contributed by atoms with van der Waals surface area (Å²) in [5, 5.41) is 18.7. The van der Waals surface area contributed by atoms with Crippen molar-refractivity contribution in [3.8, 4) is 0 Å². The van der Waals surface area contributed by atoms with E-state index in [1.54, 1.807) is 0 Å². The molecule has 1 aromatic heterocycles. The molecule has 6 nitrogen and oxygen atoms in total. The number of rotatable bonds is 5. The van der Waals surface area contributed by atoms with Gasteiger partial charge < -0.3 is 14.9 Å². The summed E-state index contributed by atoms with van der Waals surface area (Å²) in [5.74, 6) is 0.969. The summed E-state index contributed by atoms with van der Waals surface area (Å²) in [7, 11) is 0. The highest BCUT2D eigenvalue weighted by Gasteiger charge is 2.47. The number of nitrogens with zero attached hydrogens (tertiary/aromatic N) is 2. The molecule has 2 aromatic rings. The molecule has 0 spiro atoms. The first-order valence-corrected chi connectivity index (χ1v) is 11.1. The van der Waals surface area contributed by atoms with Gasteiger partial charge in [0.2, 0.25) is 5.91 Å². The molecule has 0 radical (unpaired) electrons. The van der Waals surface area contributed by atoms with Gasteiger partial charge in [0.05, 0.1) is 23.4 Å². The molecule has 1 amide bonds. The van der Waals surface area contributed by atoms with E-state index in [0.29, 0.717) is 13.0 Å². The molecule has 2 heterocycles. The molecule has 3 atom stereocenters. The number of aryl methyl sites for hydroxylation is 2. The lowest BCUT2D eigenvalue weighted by atomic mass is 9.79. The molecule has 1 aliphatic carbocycles. The predicted octanol–water partition coefficient (Wildman–Crippen LogP) is 3.66. The van der Waals surface area contributed by atoms with E-state index in [0.717, 1.165) is 54.8 Å². The number of carbonyl (C=O) groups is 1. The van der Waals surface area contributed by atoms with Crippen molar-refractivity contribution in [1.29, 1.82) is 0 Å². The van der Waals surface area contributed by atoms with Crippen LogP contribution in [0.4, 0.5) is 0 Å². The normalized spacial score (nSPS) is 28.0. The molecule has 2 fully saturated rings. The predicted molar refractivity (Wildman–Crippen MR) is 115 cm³/mol. The zero-order valence-corrected chi connectivity index (χ0v) is 18.2. The van der Waals surface area contributed by atoms with E-state index in [-0.39, 0.29) is 23.9 Å². The van der Waals surface area contributed by atoms with Crippen LogP contribution in [0.15, 0.2) is 34.9 Å². The van der Waals surface area contributed by atoms with Gasteiger partial charge in [-0.1, -0.05) is 48.3 Å². The molecule has 4 rings (SSSR count). The third kappa shape index (κ3) is 4.16. The van der Waals surface area contributed by atoms with Gasteiger partial charge in [0.15, 0.2) is 0 Å². The molecular formula is C24H33N3O3. The maximum Gasteiger partial charge on any atom is 0.223 e. The quantitative estimate of drug-likeness (QED) is 0.785. The first kappa shape index (κ1) is 21.1. The van der Waals surface area contributed by atoms with Gasteiger partial charge in [-0.15, -0.1) is 0 Å². The Bertz CT molecular complexity index is 852. The first-order valence-electron chi connectivity index (χ1n) is 11.1. The maximum absolute atomic E-state index is 13.0. The number of amides is 1. The lowest BCUT2D eigenvalue weighted by Crippen LogP contribution is -2.62. The lowest BCUT2D eigenvalue weighted by molar-refractivity contribution is -0.132. The number of aromatic nitrogens is 1. The van der Waals surface area contributed by atoms with Gasteiger partial charge in [-0.25, -0.2) is 0 Å². The summed E-state index contributed by atoms with van der Waals surface area (Å²) in [4.78, 5) is 15.4. The Balaban J connectivity index is 1.67. The molecule has 1 aliphatic heterocycles. The molecule has 0 bridgehead atoms. The van der Waals surface area contributed by atoms with Crippen molar-refractivity contribution in [3.63, 3.8) is 0 Å². The van der Waals surface area contributed by atoms with E-state index >= 15 is 0 Å². The standard InChI is InChI=1S/C24H33N3O3/c1-16-20(17(2)30-26-16)15-27-14-13-24(3,29)22(21(27)18-9-5-4-6-10-18)25-23(28)19-11-7-8-12-19/h4-6,9-10,19,21-22,29H,7-8,11-15H2,1-3H3,(H,25,28). The molecule has 3 unspecified atom stereocenters. The SMILES string of the molecule is Cc1noc(C)c1CN1CCC(C)(O)C(NC(=O)C2CCCC2)C1c1ccccc1. The number of hydrogen-bond acceptors (Lipinski definition) is 5. The van der Waals surface area contributed by atoms with Crippen molar-refractivity contribution in [2.75, 3.05) is 6.54 Å². The van der Waals surface area contributed by atoms with Gasteiger partial charge >= 0.3 is 0 Å². The van der Waals surface area contributed by atoms with Crippen molar-refractivity contribution >= 4 is 5.91 Å². The number of nitrogens with one attached hydrogen (secondary N) is 1. The lowest BCUT2D eigenvalue weighted by Gasteiger charge is -2.49. The summed E-state index contributed by atoms with van der Waals surface area (Å²) < 4.78 is 5.38. The average Bonchev–Trinajstić information content (AvgIpc) is 3.37. The van der Waals surface area contributed by atoms with E-state index in [9.17, 15) is 9.90 Å². The van der Waals surface area contributed by atoms with E-state index in [1.807, 2.05) is 39.0 Å². The fraction of sp³-hybridized carbons (Fsp3) is 0.583. The van der Waals surface area contributed by atoms with Gasteiger partial charge in [-0.3, -0.25) is 9.69 Å². The number of aliphatic hydroxyl groups is 1. The molecule has 30 heavy (non-hydrogen) atoms. The summed E-state index contributed by atoms with van der Waals surface area (Å²) in [6, 6.07) is 9.68. The molecule has 1 saturated carbocycles. The van der Waals surface area contributed by atoms with E-state index in [1.165, 1.54) is 0 Å². The minimum Gasteiger partial charge on any atom is -0.388 e. The van der Waals surface area contributed by atoms with Crippen LogP contribution in [-0.4, -0.2) is 39.3 Å². The molecule has 1 aromatic carbocycles. The number of carbonyl (C=O) groups excluding carboxylic acids is 1. The average molecular weight is 412 g/mol. The van der Waals surface area contributed by atoms with Crippen LogP contribution < -0.4 is 5.32 Å². The van der Waals surface area contributed by atoms with Gasteiger partial charge in [0.1, 0.15) is 5.76 Å². The van der Waals surface area contributed by atoms with E-state index < -0.39 is 5.60 Å². The van der Waals surface area contributed by atoms with Crippen LogP contribution in [-0.2, 0) is 11.3 Å². The van der Waals surface area contributed by atoms with Crippen LogP contribution in [0.1, 0.15) is 67.7 Å². The van der Waals surface area contributed by atoms with Crippen LogP contribution in [0.3, 0.4) is 0 Å². The highest BCUT2D eigenvalue weighted by molar-refractivity contribution is 5.79. The summed E-state index contributed by atoms with van der Waals surface area (Å²) in [5.41, 5.74) is 2.09. The first-order chi connectivity index (χ1) is 14.4. The highest BCUT2D eigenvalue weighted by Crippen LogP contribution is 2.39. The van der Waals surface area contributed by atoms with Crippen LogP contribution in [0.25, 0.3) is 0 Å². The third-order valence-electron chi connectivity index (χ3n) is 6.99. The second kappa shape index (κ2) is 8.52. The third-order valence-corrected chi connectivity index (χ3v) is 6.99. The van der Waals surface area contributed by atoms with Gasteiger partial charge in [-0.05, 0) is 45.6 Å². The van der Waals surface area contributed by atoms with Crippen molar-refractivity contribution in [2.45, 2.75) is 77.1 Å². The Morgan fingerprint density at radius 2 is 1.97 bits per heavy atom. The molecule has 162 valence electrons. The minimum absolute atomic E-state index is 0.0650. The molecular weight excluding hydrogens is 378 g/mol. The smallest absolute Gasteiger partial charge is 0.223 e. The van der Waals surface area contributed by atoms with E-state index in [2.05, 4.69) is 27.5 Å². The number of hydrogen-bond donors (Lipinski definition) is 2. The van der Waals surface area contributed by atoms with Crippen LogP contribution in [0.2, 0.25) is 0 Å². The molecule has 2 N–H and O–H groups in total. The Morgan fingerprint density at radius 3 is 2.60 bits per heavy atom. The van der Waals surface area contributed by atoms with Crippen molar-refractivity contribution < 1.29 is 14.4 Å². The zero-order valence-electron chi connectivity index (χ0n) is 18.2. The van der Waals surface area contributed by atoms with Crippen molar-refractivity contribution in [2.24, 2.45) is 5.92 Å².